The summed E-state index contributed by atoms with van der Waals surface area (Å²) in [5.41, 5.74) is 6.56. The maximum atomic E-state index is 13.5. The van der Waals surface area contributed by atoms with Crippen LogP contribution in [0.2, 0.25) is 0 Å². The standard InChI is InChI=1S/C12H18FN3O2/c1-4-18-11-6-10(9(14)5-8(11)13)16(3)7-12(17)15-2/h5-6H,4,7,14H2,1-3H3,(H,15,17). The molecule has 0 spiro atoms. The van der Waals surface area contributed by atoms with E-state index in [0.717, 1.165) is 0 Å². The number of likely N-dealkylation sites (N-methyl/N-ethyl adjacent to an activating group) is 2. The lowest BCUT2D eigenvalue weighted by Gasteiger charge is -2.21. The smallest absolute Gasteiger partial charge is 0.239 e. The Bertz CT molecular complexity index is 438. The second-order valence-electron chi connectivity index (χ2n) is 3.80. The van der Waals surface area contributed by atoms with Crippen molar-refractivity contribution in [2.24, 2.45) is 0 Å². The number of hydrogen-bond acceptors (Lipinski definition) is 4. The Kier molecular flexibility index (Phi) is 4.76. The third kappa shape index (κ3) is 3.26. The molecule has 0 aliphatic rings. The van der Waals surface area contributed by atoms with Crippen LogP contribution in [0.3, 0.4) is 0 Å². The Morgan fingerprint density at radius 3 is 2.78 bits per heavy atom. The third-order valence-corrected chi connectivity index (χ3v) is 2.45. The van der Waals surface area contributed by atoms with Gasteiger partial charge in [-0.25, -0.2) is 4.39 Å². The highest BCUT2D eigenvalue weighted by Gasteiger charge is 2.13. The third-order valence-electron chi connectivity index (χ3n) is 2.45. The second-order valence-corrected chi connectivity index (χ2v) is 3.80. The number of carbonyl (C=O) groups excluding carboxylic acids is 1. The average Bonchev–Trinajstić information content (AvgIpc) is 2.32. The van der Waals surface area contributed by atoms with Crippen molar-refractivity contribution in [1.29, 1.82) is 0 Å². The molecule has 0 bridgehead atoms. The molecule has 6 heteroatoms. The first kappa shape index (κ1) is 14.1. The van der Waals surface area contributed by atoms with E-state index in [1.807, 2.05) is 0 Å². The van der Waals surface area contributed by atoms with Crippen LogP contribution in [-0.2, 0) is 4.79 Å². The van der Waals surface area contributed by atoms with Gasteiger partial charge in [-0.05, 0) is 6.92 Å². The monoisotopic (exact) mass is 255 g/mol. The zero-order chi connectivity index (χ0) is 13.7. The van der Waals surface area contributed by atoms with Gasteiger partial charge >= 0.3 is 0 Å². The van der Waals surface area contributed by atoms with Crippen molar-refractivity contribution in [3.05, 3.63) is 17.9 Å². The van der Waals surface area contributed by atoms with Crippen molar-refractivity contribution in [1.82, 2.24) is 5.32 Å². The fourth-order valence-electron chi connectivity index (χ4n) is 1.53. The van der Waals surface area contributed by atoms with Gasteiger partial charge in [0.25, 0.3) is 0 Å². The van der Waals surface area contributed by atoms with E-state index >= 15 is 0 Å². The molecule has 0 atom stereocenters. The average molecular weight is 255 g/mol. The predicted octanol–water partition coefficient (Wildman–Crippen LogP) is 0.989. The van der Waals surface area contributed by atoms with Crippen LogP contribution >= 0.6 is 0 Å². The number of anilines is 2. The summed E-state index contributed by atoms with van der Waals surface area (Å²) in [4.78, 5) is 12.9. The molecule has 1 aromatic rings. The van der Waals surface area contributed by atoms with Crippen LogP contribution in [0.5, 0.6) is 5.75 Å². The minimum Gasteiger partial charge on any atom is -0.491 e. The molecule has 0 saturated carbocycles. The van der Waals surface area contributed by atoms with Crippen molar-refractivity contribution in [2.75, 3.05) is 37.9 Å². The van der Waals surface area contributed by atoms with E-state index in [0.29, 0.717) is 12.3 Å². The molecular weight excluding hydrogens is 237 g/mol. The van der Waals surface area contributed by atoms with Crippen LogP contribution in [0.25, 0.3) is 0 Å². The van der Waals surface area contributed by atoms with E-state index in [1.54, 1.807) is 25.9 Å². The SMILES string of the molecule is CCOc1cc(N(C)CC(=O)NC)c(N)cc1F. The molecular formula is C12H18FN3O2. The minimum atomic E-state index is -0.508. The van der Waals surface area contributed by atoms with E-state index < -0.39 is 5.82 Å². The molecule has 0 aliphatic heterocycles. The Morgan fingerprint density at radius 2 is 2.22 bits per heavy atom. The van der Waals surface area contributed by atoms with Gasteiger partial charge in [0.15, 0.2) is 11.6 Å². The first-order chi connectivity index (χ1) is 8.49. The normalized spacial score (nSPS) is 10.0. The maximum Gasteiger partial charge on any atom is 0.239 e. The number of halogens is 1. The van der Waals surface area contributed by atoms with Crippen LogP contribution in [-0.4, -0.2) is 33.2 Å². The quantitative estimate of drug-likeness (QED) is 0.770. The lowest BCUT2D eigenvalue weighted by Crippen LogP contribution is -2.33. The number of benzene rings is 1. The van der Waals surface area contributed by atoms with Gasteiger partial charge in [0.05, 0.1) is 24.5 Å². The molecule has 0 heterocycles. The van der Waals surface area contributed by atoms with Crippen LogP contribution in [0.4, 0.5) is 15.8 Å². The molecule has 0 radical (unpaired) electrons. The number of amides is 1. The number of ether oxygens (including phenoxy) is 1. The lowest BCUT2D eigenvalue weighted by atomic mass is 10.2. The molecule has 0 unspecified atom stereocenters. The van der Waals surface area contributed by atoms with Gasteiger partial charge in [0.1, 0.15) is 0 Å². The number of nitrogens with one attached hydrogen (secondary N) is 1. The number of hydrogen-bond donors (Lipinski definition) is 2. The summed E-state index contributed by atoms with van der Waals surface area (Å²) in [5.74, 6) is -0.531. The number of nitrogens with two attached hydrogens (primary N) is 1. The number of rotatable bonds is 5. The molecule has 0 aliphatic carbocycles. The van der Waals surface area contributed by atoms with Crippen molar-refractivity contribution in [3.63, 3.8) is 0 Å². The van der Waals surface area contributed by atoms with E-state index in [9.17, 15) is 9.18 Å². The first-order valence-corrected chi connectivity index (χ1v) is 5.63. The Balaban J connectivity index is 3.00. The second kappa shape index (κ2) is 6.09. The molecule has 1 aromatic carbocycles. The van der Waals surface area contributed by atoms with E-state index in [2.05, 4.69) is 5.32 Å². The number of carbonyl (C=O) groups is 1. The van der Waals surface area contributed by atoms with Gasteiger partial charge in [-0.1, -0.05) is 0 Å². The highest BCUT2D eigenvalue weighted by molar-refractivity contribution is 5.83. The number of nitrogens with zero attached hydrogens (tertiary/aromatic N) is 1. The summed E-state index contributed by atoms with van der Waals surface area (Å²) in [5, 5.41) is 2.51. The molecule has 100 valence electrons. The summed E-state index contributed by atoms with van der Waals surface area (Å²) in [6.07, 6.45) is 0. The molecule has 0 saturated heterocycles. The number of nitrogen functional groups attached to an aromatic ring is 1. The molecule has 1 amide bonds. The summed E-state index contributed by atoms with van der Waals surface area (Å²) in [6.45, 7) is 2.26. The first-order valence-electron chi connectivity index (χ1n) is 5.63. The Labute approximate surface area is 106 Å². The summed E-state index contributed by atoms with van der Waals surface area (Å²) >= 11 is 0. The van der Waals surface area contributed by atoms with Gasteiger partial charge in [-0.15, -0.1) is 0 Å². The van der Waals surface area contributed by atoms with Crippen molar-refractivity contribution in [3.8, 4) is 5.75 Å². The van der Waals surface area contributed by atoms with Gasteiger partial charge < -0.3 is 20.7 Å². The molecule has 0 fully saturated rings. The molecule has 3 N–H and O–H groups in total. The highest BCUT2D eigenvalue weighted by Crippen LogP contribution is 2.30. The van der Waals surface area contributed by atoms with Crippen molar-refractivity contribution in [2.45, 2.75) is 6.92 Å². The molecule has 1 rings (SSSR count). The fraction of sp³-hybridized carbons (Fsp3) is 0.417. The largest absolute Gasteiger partial charge is 0.491 e. The molecule has 0 aromatic heterocycles. The fourth-order valence-corrected chi connectivity index (χ4v) is 1.53. The highest BCUT2D eigenvalue weighted by atomic mass is 19.1. The van der Waals surface area contributed by atoms with Gasteiger partial charge in [-0.2, -0.15) is 0 Å². The molecule has 18 heavy (non-hydrogen) atoms. The topological polar surface area (TPSA) is 67.6 Å². The van der Waals surface area contributed by atoms with Gasteiger partial charge in [0.2, 0.25) is 5.91 Å². The molecule has 5 nitrogen and oxygen atoms in total. The lowest BCUT2D eigenvalue weighted by molar-refractivity contribution is -0.119. The maximum absolute atomic E-state index is 13.5. The zero-order valence-electron chi connectivity index (χ0n) is 10.8. The van der Waals surface area contributed by atoms with Crippen LogP contribution in [0.15, 0.2) is 12.1 Å². The van der Waals surface area contributed by atoms with Crippen LogP contribution in [0.1, 0.15) is 6.92 Å². The van der Waals surface area contributed by atoms with Crippen LogP contribution < -0.4 is 20.7 Å². The van der Waals surface area contributed by atoms with Crippen molar-refractivity contribution >= 4 is 17.3 Å². The van der Waals surface area contributed by atoms with Gasteiger partial charge in [0, 0.05) is 26.2 Å². The van der Waals surface area contributed by atoms with E-state index in [4.69, 9.17) is 10.5 Å². The zero-order valence-corrected chi connectivity index (χ0v) is 10.8. The van der Waals surface area contributed by atoms with Crippen LogP contribution in [0, 0.1) is 5.82 Å². The minimum absolute atomic E-state index is 0.130. The summed E-state index contributed by atoms with van der Waals surface area (Å²) < 4.78 is 18.7. The Hall–Kier alpha value is -1.98. The van der Waals surface area contributed by atoms with E-state index in [1.165, 1.54) is 12.1 Å². The summed E-state index contributed by atoms with van der Waals surface area (Å²) in [6, 6.07) is 2.69. The van der Waals surface area contributed by atoms with Crippen molar-refractivity contribution < 1.29 is 13.9 Å². The summed E-state index contributed by atoms with van der Waals surface area (Å²) in [7, 11) is 3.25. The van der Waals surface area contributed by atoms with E-state index in [-0.39, 0.29) is 23.9 Å². The predicted molar refractivity (Wildman–Crippen MR) is 69.3 cm³/mol. The Morgan fingerprint density at radius 1 is 1.56 bits per heavy atom. The van der Waals surface area contributed by atoms with Gasteiger partial charge in [-0.3, -0.25) is 4.79 Å².